The standard InChI is InChI=1S/C32H27N5O5S/c1-19(38)41-17-23-18-43-30-26(36-32-34-24-13-12-20(14-15-33)16-25(24)35-32)29(39)37(30)27(23)31(40)42-28(21-8-4-2-5-9-21)22-10-6-3-7-11-22/h2-13,16,26,28,30H,14,17-18H2,1H3,(H2,34,35,36)/t26-,30?/m1/s1. The predicted molar refractivity (Wildman–Crippen MR) is 160 cm³/mol. The van der Waals surface area contributed by atoms with Crippen molar-refractivity contribution in [2.45, 2.75) is 30.9 Å². The SMILES string of the molecule is CC(=O)OCC1=C(C(=O)OC(c2ccccc2)c2ccccc2)N2C(=O)[C@@H](Nc3nc4ccc(CC#N)cc4[nH]3)C2SC1. The van der Waals surface area contributed by atoms with Gasteiger partial charge >= 0.3 is 11.9 Å². The van der Waals surface area contributed by atoms with E-state index < -0.39 is 29.5 Å². The lowest BCUT2D eigenvalue weighted by atomic mass is 10.0. The van der Waals surface area contributed by atoms with Gasteiger partial charge in [0.1, 0.15) is 23.7 Å². The molecule has 6 rings (SSSR count). The summed E-state index contributed by atoms with van der Waals surface area (Å²) in [6, 6.07) is 25.8. The largest absolute Gasteiger partial charge is 0.461 e. The molecule has 0 aliphatic carbocycles. The Morgan fingerprint density at radius 3 is 2.47 bits per heavy atom. The third-order valence-electron chi connectivity index (χ3n) is 7.24. The van der Waals surface area contributed by atoms with E-state index in [9.17, 15) is 14.4 Å². The predicted octanol–water partition coefficient (Wildman–Crippen LogP) is 4.47. The molecule has 216 valence electrons. The fraction of sp³-hybridized carbons (Fsp3) is 0.219. The number of aromatic nitrogens is 2. The Balaban J connectivity index is 1.27. The first kappa shape index (κ1) is 28.1. The molecule has 0 spiro atoms. The third-order valence-corrected chi connectivity index (χ3v) is 8.58. The molecule has 1 unspecified atom stereocenters. The highest BCUT2D eigenvalue weighted by Crippen LogP contribution is 2.42. The smallest absolute Gasteiger partial charge is 0.356 e. The van der Waals surface area contributed by atoms with Crippen LogP contribution in [0, 0.1) is 11.3 Å². The number of H-pyrrole nitrogens is 1. The van der Waals surface area contributed by atoms with Gasteiger partial charge in [-0.15, -0.1) is 11.8 Å². The molecule has 3 heterocycles. The number of hydrogen-bond donors (Lipinski definition) is 2. The summed E-state index contributed by atoms with van der Waals surface area (Å²) < 4.78 is 11.4. The number of hydrogen-bond acceptors (Lipinski definition) is 9. The van der Waals surface area contributed by atoms with Crippen LogP contribution in [0.5, 0.6) is 0 Å². The van der Waals surface area contributed by atoms with Gasteiger partial charge in [-0.25, -0.2) is 9.78 Å². The molecule has 2 N–H and O–H groups in total. The number of rotatable bonds is 9. The topological polar surface area (TPSA) is 137 Å². The molecule has 10 nitrogen and oxygen atoms in total. The molecule has 0 radical (unpaired) electrons. The maximum atomic E-state index is 13.9. The Labute approximate surface area is 251 Å². The van der Waals surface area contributed by atoms with E-state index >= 15 is 0 Å². The second-order valence-electron chi connectivity index (χ2n) is 10.1. The van der Waals surface area contributed by atoms with E-state index in [1.54, 1.807) is 0 Å². The van der Waals surface area contributed by atoms with Crippen LogP contribution < -0.4 is 5.32 Å². The number of carbonyl (C=O) groups excluding carboxylic acids is 3. The Morgan fingerprint density at radius 2 is 1.81 bits per heavy atom. The van der Waals surface area contributed by atoms with E-state index in [1.165, 1.54) is 23.6 Å². The van der Waals surface area contributed by atoms with E-state index in [-0.39, 0.29) is 24.6 Å². The number of carbonyl (C=O) groups is 3. The molecular weight excluding hydrogens is 566 g/mol. The number of aromatic amines is 1. The molecule has 1 saturated heterocycles. The van der Waals surface area contributed by atoms with Crippen molar-refractivity contribution in [3.8, 4) is 6.07 Å². The number of nitriles is 1. The van der Waals surface area contributed by atoms with E-state index in [1.807, 2.05) is 78.9 Å². The minimum absolute atomic E-state index is 0.0932. The fourth-order valence-corrected chi connectivity index (χ4v) is 6.52. The number of nitrogens with one attached hydrogen (secondary N) is 2. The summed E-state index contributed by atoms with van der Waals surface area (Å²) in [5, 5.41) is 11.8. The molecule has 1 amide bonds. The molecule has 2 atom stereocenters. The van der Waals surface area contributed by atoms with Gasteiger partial charge in [0.25, 0.3) is 5.91 Å². The van der Waals surface area contributed by atoms with Gasteiger partial charge in [0.05, 0.1) is 23.5 Å². The molecule has 11 heteroatoms. The zero-order valence-electron chi connectivity index (χ0n) is 23.2. The molecule has 0 saturated carbocycles. The number of esters is 2. The van der Waals surface area contributed by atoms with Gasteiger partial charge < -0.3 is 19.8 Å². The summed E-state index contributed by atoms with van der Waals surface area (Å²) in [6.07, 6.45) is -0.430. The highest BCUT2D eigenvalue weighted by atomic mass is 32.2. The van der Waals surface area contributed by atoms with E-state index in [0.29, 0.717) is 22.8 Å². The van der Waals surface area contributed by atoms with Gasteiger partial charge in [-0.2, -0.15) is 5.26 Å². The van der Waals surface area contributed by atoms with Crippen LogP contribution in [0.3, 0.4) is 0 Å². The lowest BCUT2D eigenvalue weighted by Gasteiger charge is -2.49. The summed E-state index contributed by atoms with van der Waals surface area (Å²) >= 11 is 1.46. The zero-order chi connectivity index (χ0) is 29.9. The van der Waals surface area contributed by atoms with E-state index in [2.05, 4.69) is 21.4 Å². The van der Waals surface area contributed by atoms with Crippen molar-refractivity contribution in [3.05, 3.63) is 107 Å². The van der Waals surface area contributed by atoms with Crippen molar-refractivity contribution < 1.29 is 23.9 Å². The summed E-state index contributed by atoms with van der Waals surface area (Å²) in [5.74, 6) is -0.716. The summed E-state index contributed by atoms with van der Waals surface area (Å²) in [4.78, 5) is 48.3. The minimum atomic E-state index is -0.711. The van der Waals surface area contributed by atoms with Gasteiger partial charge in [-0.1, -0.05) is 66.7 Å². The minimum Gasteiger partial charge on any atom is -0.461 e. The number of benzene rings is 3. The van der Waals surface area contributed by atoms with Gasteiger partial charge in [-0.05, 0) is 28.8 Å². The molecule has 1 aromatic heterocycles. The molecule has 0 bridgehead atoms. The molecular formula is C32H27N5O5S. The molecule has 2 aliphatic rings. The maximum Gasteiger partial charge on any atom is 0.356 e. The van der Waals surface area contributed by atoms with Gasteiger partial charge in [0.2, 0.25) is 5.95 Å². The Morgan fingerprint density at radius 1 is 1.12 bits per heavy atom. The Hall–Kier alpha value is -5.08. The van der Waals surface area contributed by atoms with Crippen LogP contribution in [-0.2, 0) is 30.3 Å². The van der Waals surface area contributed by atoms with Crippen molar-refractivity contribution in [1.82, 2.24) is 14.9 Å². The molecule has 1 fully saturated rings. The lowest BCUT2D eigenvalue weighted by Crippen LogP contribution is -2.68. The Kier molecular flexibility index (Phi) is 7.85. The average molecular weight is 594 g/mol. The van der Waals surface area contributed by atoms with Crippen molar-refractivity contribution >= 4 is 46.6 Å². The summed E-state index contributed by atoms with van der Waals surface area (Å²) in [6.45, 7) is 1.17. The average Bonchev–Trinajstić information content (AvgIpc) is 3.44. The number of imidazole rings is 1. The monoisotopic (exact) mass is 593 g/mol. The molecule has 43 heavy (non-hydrogen) atoms. The van der Waals surface area contributed by atoms with E-state index in [4.69, 9.17) is 14.7 Å². The van der Waals surface area contributed by atoms with Crippen LogP contribution in [0.1, 0.15) is 29.7 Å². The first-order valence-corrected chi connectivity index (χ1v) is 14.7. The van der Waals surface area contributed by atoms with Crippen LogP contribution in [0.15, 0.2) is 90.1 Å². The van der Waals surface area contributed by atoms with Crippen LogP contribution in [-0.4, -0.2) is 56.5 Å². The molecule has 2 aliphatic heterocycles. The Bertz CT molecular complexity index is 1730. The quantitative estimate of drug-likeness (QED) is 0.213. The number of nitrogens with zero attached hydrogens (tertiary/aromatic N) is 3. The van der Waals surface area contributed by atoms with Gasteiger partial charge in [0, 0.05) is 18.2 Å². The van der Waals surface area contributed by atoms with Crippen molar-refractivity contribution in [3.63, 3.8) is 0 Å². The van der Waals surface area contributed by atoms with Crippen molar-refractivity contribution in [2.75, 3.05) is 17.7 Å². The zero-order valence-corrected chi connectivity index (χ0v) is 24.0. The van der Waals surface area contributed by atoms with E-state index in [0.717, 1.165) is 22.2 Å². The summed E-state index contributed by atoms with van der Waals surface area (Å²) in [5.41, 5.74) is 4.46. The molecule has 3 aromatic carbocycles. The first-order chi connectivity index (χ1) is 20.9. The number of β-lactam (4-membered cyclic amide) rings is 1. The normalized spacial score (nSPS) is 17.7. The number of amides is 1. The van der Waals surface area contributed by atoms with Crippen LogP contribution in [0.25, 0.3) is 11.0 Å². The second kappa shape index (κ2) is 12.0. The fourth-order valence-electron chi connectivity index (χ4n) is 5.19. The highest BCUT2D eigenvalue weighted by molar-refractivity contribution is 8.00. The van der Waals surface area contributed by atoms with Gasteiger partial charge in [0.15, 0.2) is 6.10 Å². The van der Waals surface area contributed by atoms with Crippen LogP contribution in [0.4, 0.5) is 5.95 Å². The van der Waals surface area contributed by atoms with Gasteiger partial charge in [-0.3, -0.25) is 14.5 Å². The highest BCUT2D eigenvalue weighted by Gasteiger charge is 2.54. The third kappa shape index (κ3) is 5.69. The number of ether oxygens (including phenoxy) is 2. The number of thioether (sulfide) groups is 1. The molecule has 4 aromatic rings. The van der Waals surface area contributed by atoms with Crippen LogP contribution in [0.2, 0.25) is 0 Å². The second-order valence-corrected chi connectivity index (χ2v) is 11.2. The number of fused-ring (bicyclic) bond motifs is 2. The summed E-state index contributed by atoms with van der Waals surface area (Å²) in [7, 11) is 0. The maximum absolute atomic E-state index is 13.9. The van der Waals surface area contributed by atoms with Crippen molar-refractivity contribution in [1.29, 1.82) is 5.26 Å². The van der Waals surface area contributed by atoms with Crippen molar-refractivity contribution in [2.24, 2.45) is 0 Å². The lowest BCUT2D eigenvalue weighted by molar-refractivity contribution is -0.152. The number of anilines is 1. The first-order valence-electron chi connectivity index (χ1n) is 13.7. The van der Waals surface area contributed by atoms with Crippen LogP contribution >= 0.6 is 11.8 Å².